The second kappa shape index (κ2) is 6.68. The lowest BCUT2D eigenvalue weighted by molar-refractivity contribution is 0.194. The molecule has 1 aliphatic carbocycles. The van der Waals surface area contributed by atoms with Crippen molar-refractivity contribution in [1.82, 2.24) is 19.9 Å². The fraction of sp³-hybridized carbons (Fsp3) is 0.467. The maximum Gasteiger partial charge on any atom is 0.404 e. The van der Waals surface area contributed by atoms with Gasteiger partial charge in [0.05, 0.1) is 17.3 Å². The molecule has 9 heteroatoms. The molecule has 1 fully saturated rings. The fourth-order valence-corrected chi connectivity index (χ4v) is 3.51. The van der Waals surface area contributed by atoms with E-state index >= 15 is 0 Å². The number of pyridine rings is 1. The maximum absolute atomic E-state index is 12.9. The number of carbonyl (C=O) groups is 1. The second-order valence-corrected chi connectivity index (χ2v) is 7.10. The minimum Gasteiger partial charge on any atom is -0.465 e. The molecule has 0 spiro atoms. The van der Waals surface area contributed by atoms with Crippen molar-refractivity contribution in [1.29, 1.82) is 0 Å². The largest absolute Gasteiger partial charge is 0.465 e. The lowest BCUT2D eigenvalue weighted by atomic mass is 10.1. The van der Waals surface area contributed by atoms with E-state index in [1.165, 1.54) is 12.5 Å². The van der Waals surface area contributed by atoms with Crippen molar-refractivity contribution in [2.45, 2.75) is 43.4 Å². The van der Waals surface area contributed by atoms with Crippen LogP contribution in [0.15, 0.2) is 22.2 Å². The number of amides is 1. The molecule has 2 aromatic rings. The molecule has 2 N–H and O–H groups in total. The molecular weight excluding hydrogens is 332 g/mol. The van der Waals surface area contributed by atoms with E-state index in [1.54, 1.807) is 10.6 Å². The number of hydrogen-bond acceptors (Lipinski definition) is 5. The van der Waals surface area contributed by atoms with Crippen molar-refractivity contribution in [3.63, 3.8) is 0 Å². The van der Waals surface area contributed by atoms with Crippen molar-refractivity contribution in [3.8, 4) is 0 Å². The topological polar surface area (TPSA) is 114 Å². The number of carboxylic acid groups (broad SMARTS) is 1. The number of fused-ring (bicyclic) bond motifs is 1. The molecule has 0 saturated heterocycles. The summed E-state index contributed by atoms with van der Waals surface area (Å²) >= 11 is 0. The summed E-state index contributed by atoms with van der Waals surface area (Å²) in [5.74, 6) is 0. The van der Waals surface area contributed by atoms with Gasteiger partial charge in [-0.2, -0.15) is 0 Å². The average Bonchev–Trinajstić information content (AvgIpc) is 3.06. The molecule has 24 heavy (non-hydrogen) atoms. The summed E-state index contributed by atoms with van der Waals surface area (Å²) in [6.45, 7) is -0.0711. The Labute approximate surface area is 140 Å². The van der Waals surface area contributed by atoms with Gasteiger partial charge in [0.2, 0.25) is 5.16 Å². The van der Waals surface area contributed by atoms with E-state index in [1.807, 2.05) is 0 Å². The highest BCUT2D eigenvalue weighted by Crippen LogP contribution is 2.30. The molecule has 0 aliphatic heterocycles. The Morgan fingerprint density at radius 1 is 1.46 bits per heavy atom. The van der Waals surface area contributed by atoms with Crippen molar-refractivity contribution < 1.29 is 14.1 Å². The molecule has 0 radical (unpaired) electrons. The predicted octanol–water partition coefficient (Wildman–Crippen LogP) is 1.41. The monoisotopic (exact) mass is 350 g/mol. The Balaban J connectivity index is 2.20. The van der Waals surface area contributed by atoms with Crippen molar-refractivity contribution in [2.24, 2.45) is 0 Å². The Bertz CT molecular complexity index is 874. The van der Waals surface area contributed by atoms with Crippen molar-refractivity contribution >= 4 is 27.9 Å². The van der Waals surface area contributed by atoms with Crippen LogP contribution in [0.1, 0.15) is 37.3 Å². The standard InChI is InChI=1S/C15H18N4O4S/c1-24(23)14-16-7-9-6-10(8-17-15(21)22)13(20)19(12(9)18-14)11-4-2-3-5-11/h6-7,11,17H,2-5,8H2,1H3,(H,21,22). The maximum atomic E-state index is 12.9. The summed E-state index contributed by atoms with van der Waals surface area (Å²) in [5.41, 5.74) is 0.562. The molecule has 1 saturated carbocycles. The predicted molar refractivity (Wildman–Crippen MR) is 88.5 cm³/mol. The third-order valence-electron chi connectivity index (χ3n) is 4.20. The molecule has 128 valence electrons. The number of nitrogens with one attached hydrogen (secondary N) is 1. The van der Waals surface area contributed by atoms with Crippen LogP contribution in [0.25, 0.3) is 11.0 Å². The number of aromatic nitrogens is 3. The van der Waals surface area contributed by atoms with Gasteiger partial charge in [0.15, 0.2) is 0 Å². The molecule has 0 bridgehead atoms. The normalized spacial score (nSPS) is 16.4. The van der Waals surface area contributed by atoms with Crippen molar-refractivity contribution in [2.75, 3.05) is 6.26 Å². The van der Waals surface area contributed by atoms with Gasteiger partial charge in [0.25, 0.3) is 5.56 Å². The van der Waals surface area contributed by atoms with Crippen molar-refractivity contribution in [3.05, 3.63) is 28.2 Å². The van der Waals surface area contributed by atoms with Gasteiger partial charge in [-0.3, -0.25) is 13.6 Å². The van der Waals surface area contributed by atoms with Crippen LogP contribution in [0.5, 0.6) is 0 Å². The van der Waals surface area contributed by atoms with Crippen LogP contribution in [-0.4, -0.2) is 36.2 Å². The van der Waals surface area contributed by atoms with E-state index in [0.29, 0.717) is 16.6 Å². The minimum atomic E-state index is -1.34. The lowest BCUT2D eigenvalue weighted by Gasteiger charge is -2.18. The highest BCUT2D eigenvalue weighted by atomic mass is 32.2. The van der Waals surface area contributed by atoms with Gasteiger partial charge in [0.1, 0.15) is 5.65 Å². The van der Waals surface area contributed by atoms with Gasteiger partial charge in [-0.05, 0) is 18.9 Å². The summed E-state index contributed by atoms with van der Waals surface area (Å²) in [6, 6.07) is 1.62. The third-order valence-corrected chi connectivity index (χ3v) is 4.91. The van der Waals surface area contributed by atoms with Gasteiger partial charge in [-0.1, -0.05) is 12.8 Å². The number of rotatable bonds is 4. The summed E-state index contributed by atoms with van der Waals surface area (Å²) in [6.07, 6.45) is 5.66. The van der Waals surface area contributed by atoms with Crippen LogP contribution >= 0.6 is 0 Å². The Kier molecular flexibility index (Phi) is 4.61. The smallest absolute Gasteiger partial charge is 0.404 e. The highest BCUT2D eigenvalue weighted by molar-refractivity contribution is 7.84. The van der Waals surface area contributed by atoms with E-state index in [9.17, 15) is 13.8 Å². The fourth-order valence-electron chi connectivity index (χ4n) is 3.10. The first kappa shape index (κ1) is 16.6. The zero-order valence-corrected chi connectivity index (χ0v) is 14.0. The average molecular weight is 350 g/mol. The molecule has 1 atom stereocenters. The zero-order valence-electron chi connectivity index (χ0n) is 13.2. The minimum absolute atomic E-state index is 0.0258. The van der Waals surface area contributed by atoms with E-state index in [2.05, 4.69) is 15.3 Å². The molecule has 1 aliphatic rings. The molecule has 0 aromatic carbocycles. The van der Waals surface area contributed by atoms with Crippen LogP contribution < -0.4 is 10.9 Å². The number of hydrogen-bond donors (Lipinski definition) is 2. The van der Waals surface area contributed by atoms with Gasteiger partial charge < -0.3 is 10.4 Å². The summed E-state index contributed by atoms with van der Waals surface area (Å²) in [4.78, 5) is 32.0. The summed E-state index contributed by atoms with van der Waals surface area (Å²) in [7, 11) is -1.34. The molecule has 2 aromatic heterocycles. The zero-order chi connectivity index (χ0) is 17.3. The van der Waals surface area contributed by atoms with Gasteiger partial charge >= 0.3 is 6.09 Å². The third kappa shape index (κ3) is 3.16. The van der Waals surface area contributed by atoms with Gasteiger partial charge in [-0.25, -0.2) is 14.8 Å². The molecular formula is C15H18N4O4S. The molecule has 8 nitrogen and oxygen atoms in total. The summed E-state index contributed by atoms with van der Waals surface area (Å²) in [5, 5.41) is 11.8. The molecule has 3 rings (SSSR count). The first-order chi connectivity index (χ1) is 11.5. The van der Waals surface area contributed by atoms with Crippen LogP contribution in [0, 0.1) is 0 Å². The van der Waals surface area contributed by atoms with Crippen LogP contribution in [-0.2, 0) is 17.3 Å². The number of nitrogens with zero attached hydrogens (tertiary/aromatic N) is 3. The molecule has 2 heterocycles. The van der Waals surface area contributed by atoms with Gasteiger partial charge in [0, 0.05) is 29.4 Å². The first-order valence-electron chi connectivity index (χ1n) is 7.68. The Hall–Kier alpha value is -2.29. The SMILES string of the molecule is CS(=O)c1ncc2cc(CNC(=O)O)c(=O)n(C3CCCC3)c2n1. The van der Waals surface area contributed by atoms with Crippen LogP contribution in [0.4, 0.5) is 4.79 Å². The van der Waals surface area contributed by atoms with E-state index < -0.39 is 16.9 Å². The lowest BCUT2D eigenvalue weighted by Crippen LogP contribution is -2.31. The summed E-state index contributed by atoms with van der Waals surface area (Å²) < 4.78 is 13.3. The Morgan fingerprint density at radius 3 is 2.79 bits per heavy atom. The van der Waals surface area contributed by atoms with Crippen LogP contribution in [0.2, 0.25) is 0 Å². The second-order valence-electron chi connectivity index (χ2n) is 5.83. The first-order valence-corrected chi connectivity index (χ1v) is 9.24. The molecule has 1 amide bonds. The molecule has 1 unspecified atom stereocenters. The highest BCUT2D eigenvalue weighted by Gasteiger charge is 2.23. The van der Waals surface area contributed by atoms with E-state index in [4.69, 9.17) is 5.11 Å². The van der Waals surface area contributed by atoms with E-state index in [0.717, 1.165) is 25.7 Å². The van der Waals surface area contributed by atoms with Gasteiger partial charge in [-0.15, -0.1) is 0 Å². The Morgan fingerprint density at radius 2 is 2.17 bits per heavy atom. The quantitative estimate of drug-likeness (QED) is 0.806. The van der Waals surface area contributed by atoms with E-state index in [-0.39, 0.29) is 23.3 Å². The van der Waals surface area contributed by atoms with Crippen LogP contribution in [0.3, 0.4) is 0 Å².